The first-order chi connectivity index (χ1) is 3.40. The molecule has 2 heteroatoms. The van der Waals surface area contributed by atoms with Crippen LogP contribution in [0.2, 0.25) is 0 Å². The largest absolute Gasteiger partial charge is 0.240 e. The van der Waals surface area contributed by atoms with Gasteiger partial charge in [-0.2, -0.15) is 0 Å². The fourth-order valence-electron chi connectivity index (χ4n) is 0.954. The molecule has 0 heterocycles. The molecule has 0 N–H and O–H groups in total. The van der Waals surface area contributed by atoms with E-state index >= 15 is 0 Å². The van der Waals surface area contributed by atoms with Gasteiger partial charge in [0.1, 0.15) is 11.3 Å². The molecule has 1 aliphatic rings. The third-order valence-electron chi connectivity index (χ3n) is 2.50. The maximum absolute atomic E-state index is 12.6. The molecule has 1 fully saturated rings. The average molecular weight is 120 g/mol. The molecule has 2 atom stereocenters. The van der Waals surface area contributed by atoms with Crippen molar-refractivity contribution in [1.29, 1.82) is 0 Å². The number of hydrogen-bond donors (Lipinski definition) is 0. The van der Waals surface area contributed by atoms with Gasteiger partial charge in [-0.15, -0.1) is 0 Å². The van der Waals surface area contributed by atoms with Crippen molar-refractivity contribution in [2.24, 2.45) is 5.92 Å². The third kappa shape index (κ3) is 0.389. The molecule has 1 aliphatic carbocycles. The summed E-state index contributed by atoms with van der Waals surface area (Å²) in [4.78, 5) is 0. The zero-order valence-electron chi connectivity index (χ0n) is 5.33. The van der Waals surface area contributed by atoms with Crippen LogP contribution in [0.3, 0.4) is 0 Å². The van der Waals surface area contributed by atoms with E-state index in [1.165, 1.54) is 13.8 Å². The summed E-state index contributed by atoms with van der Waals surface area (Å²) in [5.41, 5.74) is -3.12. The van der Waals surface area contributed by atoms with Crippen molar-refractivity contribution < 1.29 is 8.78 Å². The SMILES string of the molecule is CC1C(C)(F)C1(C)F. The van der Waals surface area contributed by atoms with E-state index in [4.69, 9.17) is 0 Å². The Hall–Kier alpha value is -0.140. The van der Waals surface area contributed by atoms with Crippen molar-refractivity contribution in [2.45, 2.75) is 32.1 Å². The summed E-state index contributed by atoms with van der Waals surface area (Å²) in [7, 11) is 0. The van der Waals surface area contributed by atoms with Gasteiger partial charge in [0, 0.05) is 5.92 Å². The molecule has 0 radical (unpaired) electrons. The van der Waals surface area contributed by atoms with Gasteiger partial charge in [-0.3, -0.25) is 0 Å². The molecule has 1 saturated carbocycles. The summed E-state index contributed by atoms with van der Waals surface area (Å²) >= 11 is 0. The normalized spacial score (nSPS) is 63.4. The maximum Gasteiger partial charge on any atom is 0.147 e. The van der Waals surface area contributed by atoms with Gasteiger partial charge < -0.3 is 0 Å². The average Bonchev–Trinajstić information content (AvgIpc) is 1.88. The fraction of sp³-hybridized carbons (Fsp3) is 1.00. The minimum absolute atomic E-state index is 0.421. The second kappa shape index (κ2) is 1.07. The van der Waals surface area contributed by atoms with Gasteiger partial charge in [0.25, 0.3) is 0 Å². The molecular weight excluding hydrogens is 110 g/mol. The Morgan fingerprint density at radius 2 is 1.25 bits per heavy atom. The van der Waals surface area contributed by atoms with Crippen LogP contribution in [0.4, 0.5) is 8.78 Å². The molecular formula is C6H10F2. The van der Waals surface area contributed by atoms with Crippen LogP contribution in [0.1, 0.15) is 20.8 Å². The Morgan fingerprint density at radius 1 is 1.12 bits per heavy atom. The summed E-state index contributed by atoms with van der Waals surface area (Å²) in [6, 6.07) is 0. The zero-order chi connectivity index (χ0) is 6.58. The van der Waals surface area contributed by atoms with Gasteiger partial charge in [-0.25, -0.2) is 8.78 Å². The topological polar surface area (TPSA) is 0 Å². The van der Waals surface area contributed by atoms with Gasteiger partial charge in [-0.1, -0.05) is 6.92 Å². The standard InChI is InChI=1S/C6H10F2/c1-4-5(2,7)6(4,3)8/h4H,1-3H3. The summed E-state index contributed by atoms with van der Waals surface area (Å²) in [5.74, 6) is -0.421. The van der Waals surface area contributed by atoms with Crippen LogP contribution in [0, 0.1) is 5.92 Å². The molecule has 0 aromatic rings. The second-order valence-electron chi connectivity index (χ2n) is 2.87. The van der Waals surface area contributed by atoms with Crippen LogP contribution in [-0.2, 0) is 0 Å². The summed E-state index contributed by atoms with van der Waals surface area (Å²) in [6.45, 7) is 4.19. The highest BCUT2D eigenvalue weighted by Crippen LogP contribution is 2.59. The lowest BCUT2D eigenvalue weighted by Crippen LogP contribution is -2.06. The highest BCUT2D eigenvalue weighted by Gasteiger charge is 2.72. The molecule has 0 amide bonds. The Morgan fingerprint density at radius 3 is 1.25 bits per heavy atom. The number of hydrogen-bond acceptors (Lipinski definition) is 0. The molecule has 48 valence electrons. The van der Waals surface area contributed by atoms with Crippen LogP contribution in [0.25, 0.3) is 0 Å². The van der Waals surface area contributed by atoms with E-state index in [1.54, 1.807) is 6.92 Å². The first-order valence-electron chi connectivity index (χ1n) is 2.78. The lowest BCUT2D eigenvalue weighted by atomic mass is 10.3. The van der Waals surface area contributed by atoms with Crippen molar-refractivity contribution >= 4 is 0 Å². The van der Waals surface area contributed by atoms with Crippen LogP contribution in [0.5, 0.6) is 0 Å². The maximum atomic E-state index is 12.6. The van der Waals surface area contributed by atoms with Crippen LogP contribution in [0.15, 0.2) is 0 Å². The Bertz CT molecular complexity index is 102. The first kappa shape index (κ1) is 5.99. The molecule has 0 saturated heterocycles. The van der Waals surface area contributed by atoms with Gasteiger partial charge in [-0.05, 0) is 13.8 Å². The smallest absolute Gasteiger partial charge is 0.147 e. The third-order valence-corrected chi connectivity index (χ3v) is 2.50. The second-order valence-corrected chi connectivity index (χ2v) is 2.87. The van der Waals surface area contributed by atoms with Crippen LogP contribution < -0.4 is 0 Å². The molecule has 8 heavy (non-hydrogen) atoms. The summed E-state index contributed by atoms with van der Waals surface area (Å²) in [6.07, 6.45) is 0. The van der Waals surface area contributed by atoms with Crippen molar-refractivity contribution in [3.05, 3.63) is 0 Å². The van der Waals surface area contributed by atoms with E-state index in [0.717, 1.165) is 0 Å². The van der Waals surface area contributed by atoms with Crippen molar-refractivity contribution in [3.8, 4) is 0 Å². The Labute approximate surface area is 47.9 Å². The molecule has 0 aliphatic heterocycles. The highest BCUT2D eigenvalue weighted by atomic mass is 19.2. The van der Waals surface area contributed by atoms with Crippen LogP contribution in [-0.4, -0.2) is 11.3 Å². The highest BCUT2D eigenvalue weighted by molar-refractivity contribution is 5.19. The minimum atomic E-state index is -1.56. The van der Waals surface area contributed by atoms with Crippen LogP contribution >= 0.6 is 0 Å². The zero-order valence-corrected chi connectivity index (χ0v) is 5.33. The Balaban J connectivity index is 2.72. The quantitative estimate of drug-likeness (QED) is 0.459. The fourth-order valence-corrected chi connectivity index (χ4v) is 0.954. The van der Waals surface area contributed by atoms with Crippen molar-refractivity contribution in [3.63, 3.8) is 0 Å². The van der Waals surface area contributed by atoms with Gasteiger partial charge in [0.2, 0.25) is 0 Å². The monoisotopic (exact) mass is 120 g/mol. The molecule has 2 unspecified atom stereocenters. The first-order valence-corrected chi connectivity index (χ1v) is 2.78. The number of alkyl halides is 2. The molecule has 0 spiro atoms. The minimum Gasteiger partial charge on any atom is -0.240 e. The number of rotatable bonds is 0. The van der Waals surface area contributed by atoms with E-state index in [0.29, 0.717) is 0 Å². The van der Waals surface area contributed by atoms with Crippen molar-refractivity contribution in [2.75, 3.05) is 0 Å². The predicted molar refractivity (Wildman–Crippen MR) is 28.2 cm³/mol. The van der Waals surface area contributed by atoms with E-state index < -0.39 is 17.3 Å². The summed E-state index contributed by atoms with van der Waals surface area (Å²) in [5, 5.41) is 0. The van der Waals surface area contributed by atoms with Gasteiger partial charge in [0.15, 0.2) is 0 Å². The molecule has 0 nitrogen and oxygen atoms in total. The Kier molecular flexibility index (Phi) is 0.798. The van der Waals surface area contributed by atoms with Gasteiger partial charge >= 0.3 is 0 Å². The van der Waals surface area contributed by atoms with E-state index in [1.807, 2.05) is 0 Å². The van der Waals surface area contributed by atoms with Gasteiger partial charge in [0.05, 0.1) is 0 Å². The summed E-state index contributed by atoms with van der Waals surface area (Å²) < 4.78 is 25.2. The molecule has 0 bridgehead atoms. The van der Waals surface area contributed by atoms with Crippen molar-refractivity contribution in [1.82, 2.24) is 0 Å². The predicted octanol–water partition coefficient (Wildman–Crippen LogP) is 2.09. The number of halogens is 2. The van der Waals surface area contributed by atoms with E-state index in [2.05, 4.69) is 0 Å². The molecule has 1 rings (SSSR count). The lowest BCUT2D eigenvalue weighted by Gasteiger charge is -1.95. The lowest BCUT2D eigenvalue weighted by molar-refractivity contribution is 0.199. The molecule has 0 aromatic carbocycles. The van der Waals surface area contributed by atoms with E-state index in [9.17, 15) is 8.78 Å². The van der Waals surface area contributed by atoms with E-state index in [-0.39, 0.29) is 0 Å². The molecule has 0 aromatic heterocycles.